The van der Waals surface area contributed by atoms with Crippen molar-refractivity contribution < 1.29 is 9.59 Å². The fourth-order valence-corrected chi connectivity index (χ4v) is 3.00. The normalized spacial score (nSPS) is 15.0. The summed E-state index contributed by atoms with van der Waals surface area (Å²) in [5, 5.41) is 0.699. The second-order valence-corrected chi connectivity index (χ2v) is 6.88. The zero-order valence-corrected chi connectivity index (χ0v) is 15.3. The van der Waals surface area contributed by atoms with E-state index in [1.807, 2.05) is 53.1 Å². The Kier molecular flexibility index (Phi) is 7.06. The summed E-state index contributed by atoms with van der Waals surface area (Å²) in [4.78, 5) is 30.2. The molecule has 0 unspecified atom stereocenters. The lowest BCUT2D eigenvalue weighted by Gasteiger charge is -2.35. The number of amides is 2. The lowest BCUT2D eigenvalue weighted by Crippen LogP contribution is -2.51. The molecule has 0 aromatic heterocycles. The van der Waals surface area contributed by atoms with Crippen LogP contribution in [0.2, 0.25) is 5.02 Å². The molecule has 0 radical (unpaired) electrons. The molecule has 5 nitrogen and oxygen atoms in total. The summed E-state index contributed by atoms with van der Waals surface area (Å²) in [7, 11) is 3.92. The van der Waals surface area contributed by atoms with Crippen molar-refractivity contribution in [3.63, 3.8) is 0 Å². The molecule has 6 heteroatoms. The Morgan fingerprint density at radius 1 is 1.04 bits per heavy atom. The van der Waals surface area contributed by atoms with Gasteiger partial charge in [-0.2, -0.15) is 0 Å². The monoisotopic (exact) mass is 351 g/mol. The third-order valence-corrected chi connectivity index (χ3v) is 4.51. The largest absolute Gasteiger partial charge is 0.339 e. The van der Waals surface area contributed by atoms with Crippen molar-refractivity contribution in [2.75, 3.05) is 46.8 Å². The Morgan fingerprint density at radius 2 is 1.62 bits per heavy atom. The predicted octanol–water partition coefficient (Wildman–Crippen LogP) is 1.90. The first-order valence-electron chi connectivity index (χ1n) is 8.40. The van der Waals surface area contributed by atoms with Gasteiger partial charge in [0.2, 0.25) is 11.8 Å². The van der Waals surface area contributed by atoms with Gasteiger partial charge in [0.1, 0.15) is 0 Å². The Morgan fingerprint density at radius 3 is 2.17 bits per heavy atom. The van der Waals surface area contributed by atoms with E-state index < -0.39 is 0 Å². The number of aryl methyl sites for hydroxylation is 1. The number of carbonyl (C=O) groups is 2. The van der Waals surface area contributed by atoms with Crippen molar-refractivity contribution in [3.05, 3.63) is 34.9 Å². The lowest BCUT2D eigenvalue weighted by molar-refractivity contribution is -0.139. The van der Waals surface area contributed by atoms with E-state index in [0.29, 0.717) is 50.5 Å². The molecule has 1 heterocycles. The van der Waals surface area contributed by atoms with Gasteiger partial charge in [0, 0.05) is 50.6 Å². The van der Waals surface area contributed by atoms with Crippen molar-refractivity contribution in [1.29, 1.82) is 0 Å². The van der Waals surface area contributed by atoms with Gasteiger partial charge in [-0.15, -0.1) is 0 Å². The van der Waals surface area contributed by atoms with E-state index in [1.165, 1.54) is 0 Å². The highest BCUT2D eigenvalue weighted by molar-refractivity contribution is 6.30. The number of rotatable bonds is 6. The first-order valence-corrected chi connectivity index (χ1v) is 8.78. The number of hydrogen-bond donors (Lipinski definition) is 0. The van der Waals surface area contributed by atoms with Gasteiger partial charge in [0.05, 0.1) is 0 Å². The van der Waals surface area contributed by atoms with Gasteiger partial charge in [0.25, 0.3) is 0 Å². The van der Waals surface area contributed by atoms with Crippen molar-refractivity contribution in [1.82, 2.24) is 14.7 Å². The summed E-state index contributed by atoms with van der Waals surface area (Å²) in [5.41, 5.74) is 1.08. The van der Waals surface area contributed by atoms with E-state index in [1.54, 1.807) is 0 Å². The molecule has 0 saturated carbocycles. The summed E-state index contributed by atoms with van der Waals surface area (Å²) in [5.74, 6) is 0.324. The molecule has 1 aromatic carbocycles. The summed E-state index contributed by atoms with van der Waals surface area (Å²) in [6, 6.07) is 7.62. The maximum absolute atomic E-state index is 12.3. The van der Waals surface area contributed by atoms with Crippen molar-refractivity contribution in [2.24, 2.45) is 0 Å². The van der Waals surface area contributed by atoms with Gasteiger partial charge in [-0.1, -0.05) is 23.7 Å². The van der Waals surface area contributed by atoms with Gasteiger partial charge < -0.3 is 14.7 Å². The molecule has 1 aromatic rings. The van der Waals surface area contributed by atoms with Crippen LogP contribution in [0.4, 0.5) is 0 Å². The van der Waals surface area contributed by atoms with Crippen LogP contribution >= 0.6 is 11.6 Å². The minimum absolute atomic E-state index is 0.148. The predicted molar refractivity (Wildman–Crippen MR) is 96.1 cm³/mol. The van der Waals surface area contributed by atoms with E-state index in [4.69, 9.17) is 11.6 Å². The minimum Gasteiger partial charge on any atom is -0.339 e. The van der Waals surface area contributed by atoms with E-state index in [-0.39, 0.29) is 11.8 Å². The third kappa shape index (κ3) is 5.80. The molecular formula is C18H26ClN3O2. The van der Waals surface area contributed by atoms with Crippen molar-refractivity contribution >= 4 is 23.4 Å². The van der Waals surface area contributed by atoms with Crippen LogP contribution < -0.4 is 0 Å². The Bertz CT molecular complexity index is 569. The first-order chi connectivity index (χ1) is 11.5. The molecule has 0 bridgehead atoms. The molecule has 2 amide bonds. The highest BCUT2D eigenvalue weighted by atomic mass is 35.5. The second kappa shape index (κ2) is 9.04. The van der Waals surface area contributed by atoms with Crippen LogP contribution in [0.25, 0.3) is 0 Å². The van der Waals surface area contributed by atoms with Gasteiger partial charge in [-0.3, -0.25) is 9.59 Å². The average molecular weight is 352 g/mol. The maximum Gasteiger partial charge on any atom is 0.223 e. The smallest absolute Gasteiger partial charge is 0.223 e. The minimum atomic E-state index is 0.148. The zero-order chi connectivity index (χ0) is 17.5. The average Bonchev–Trinajstić information content (AvgIpc) is 2.57. The Labute approximate surface area is 149 Å². The molecular weight excluding hydrogens is 326 g/mol. The quantitative estimate of drug-likeness (QED) is 0.786. The molecule has 0 aliphatic carbocycles. The molecule has 2 rings (SSSR count). The lowest BCUT2D eigenvalue weighted by atomic mass is 10.1. The van der Waals surface area contributed by atoms with Crippen LogP contribution in [-0.4, -0.2) is 73.3 Å². The van der Waals surface area contributed by atoms with Gasteiger partial charge in [0.15, 0.2) is 0 Å². The van der Waals surface area contributed by atoms with Gasteiger partial charge >= 0.3 is 0 Å². The summed E-state index contributed by atoms with van der Waals surface area (Å²) in [6.45, 7) is 3.28. The highest BCUT2D eigenvalue weighted by Crippen LogP contribution is 2.13. The van der Waals surface area contributed by atoms with Crippen LogP contribution in [0.3, 0.4) is 0 Å². The number of nitrogens with zero attached hydrogens (tertiary/aromatic N) is 3. The van der Waals surface area contributed by atoms with E-state index in [2.05, 4.69) is 0 Å². The fraction of sp³-hybridized carbons (Fsp3) is 0.556. The molecule has 24 heavy (non-hydrogen) atoms. The zero-order valence-electron chi connectivity index (χ0n) is 14.5. The van der Waals surface area contributed by atoms with Crippen LogP contribution in [0, 0.1) is 0 Å². The van der Waals surface area contributed by atoms with Crippen molar-refractivity contribution in [3.8, 4) is 0 Å². The number of halogens is 1. The summed E-state index contributed by atoms with van der Waals surface area (Å²) >= 11 is 5.96. The van der Waals surface area contributed by atoms with Crippen LogP contribution in [-0.2, 0) is 16.0 Å². The molecule has 0 atom stereocenters. The van der Waals surface area contributed by atoms with Gasteiger partial charge in [-0.05, 0) is 38.2 Å². The summed E-state index contributed by atoms with van der Waals surface area (Å²) in [6.07, 6.45) is 1.71. The Balaban J connectivity index is 1.73. The SMILES string of the molecule is CN(C)CCC(=O)N1CCN(C(=O)CCc2cccc(Cl)c2)CC1. The van der Waals surface area contributed by atoms with E-state index >= 15 is 0 Å². The molecule has 0 spiro atoms. The van der Waals surface area contributed by atoms with Crippen molar-refractivity contribution in [2.45, 2.75) is 19.3 Å². The summed E-state index contributed by atoms with van der Waals surface area (Å²) < 4.78 is 0. The number of benzene rings is 1. The molecule has 1 saturated heterocycles. The third-order valence-electron chi connectivity index (χ3n) is 4.27. The molecule has 1 fully saturated rings. The molecule has 1 aliphatic heterocycles. The van der Waals surface area contributed by atoms with Gasteiger partial charge in [-0.25, -0.2) is 0 Å². The topological polar surface area (TPSA) is 43.9 Å². The van der Waals surface area contributed by atoms with E-state index in [9.17, 15) is 9.59 Å². The maximum atomic E-state index is 12.3. The van der Waals surface area contributed by atoms with Crippen LogP contribution in [0.1, 0.15) is 18.4 Å². The molecule has 132 valence electrons. The van der Waals surface area contributed by atoms with Crippen LogP contribution in [0.5, 0.6) is 0 Å². The number of carbonyl (C=O) groups excluding carboxylic acids is 2. The fourth-order valence-electron chi connectivity index (χ4n) is 2.78. The second-order valence-electron chi connectivity index (χ2n) is 6.44. The molecule has 0 N–H and O–H groups in total. The number of piperazine rings is 1. The number of hydrogen-bond acceptors (Lipinski definition) is 3. The standard InChI is InChI=1S/C18H26ClN3O2/c1-20(2)9-8-18(24)22-12-10-21(11-13-22)17(23)7-6-15-4-3-5-16(19)14-15/h3-5,14H,6-13H2,1-2H3. The highest BCUT2D eigenvalue weighted by Gasteiger charge is 2.23. The van der Waals surface area contributed by atoms with E-state index in [0.717, 1.165) is 12.1 Å². The first kappa shape index (κ1) is 18.7. The van der Waals surface area contributed by atoms with Crippen LogP contribution in [0.15, 0.2) is 24.3 Å². The Hall–Kier alpha value is -1.59. The molecule has 1 aliphatic rings.